The van der Waals surface area contributed by atoms with Crippen LogP contribution in [0.25, 0.3) is 17.1 Å². The molecule has 39 heavy (non-hydrogen) atoms. The largest absolute Gasteiger partial charge is 0.460 e. The number of ether oxygens (including phenoxy) is 2. The van der Waals surface area contributed by atoms with E-state index in [1.165, 1.54) is 41.1 Å². The average Bonchev–Trinajstić information content (AvgIpc) is 3.35. The van der Waals surface area contributed by atoms with Crippen LogP contribution in [0.15, 0.2) is 72.8 Å². The molecular weight excluding hydrogens is 519 g/mol. The van der Waals surface area contributed by atoms with Gasteiger partial charge in [0, 0.05) is 35.6 Å². The first-order chi connectivity index (χ1) is 18.7. The van der Waals surface area contributed by atoms with Crippen molar-refractivity contribution in [3.8, 4) is 23.1 Å². The zero-order valence-corrected chi connectivity index (χ0v) is 20.5. The van der Waals surface area contributed by atoms with Crippen molar-refractivity contribution in [3.05, 3.63) is 94.0 Å². The molecule has 0 atom stereocenters. The van der Waals surface area contributed by atoms with Crippen LogP contribution >= 0.6 is 0 Å². The summed E-state index contributed by atoms with van der Waals surface area (Å²) in [6.07, 6.45) is -4.56. The minimum Gasteiger partial charge on any atom is -0.460 e. The second-order valence-electron chi connectivity index (χ2n) is 8.07. The third-order valence-corrected chi connectivity index (χ3v) is 5.37. The molecule has 0 spiro atoms. The number of halogens is 3. The Morgan fingerprint density at radius 3 is 2.56 bits per heavy atom. The molecule has 0 saturated heterocycles. The van der Waals surface area contributed by atoms with Gasteiger partial charge in [-0.3, -0.25) is 14.9 Å². The van der Waals surface area contributed by atoms with Gasteiger partial charge in [-0.2, -0.15) is 18.2 Å². The third kappa shape index (κ3) is 6.76. The summed E-state index contributed by atoms with van der Waals surface area (Å²) in [6.45, 7) is 2.70. The Kier molecular flexibility index (Phi) is 8.20. The maximum absolute atomic E-state index is 13.4. The number of non-ortho nitro benzene ring substituents is 1. The van der Waals surface area contributed by atoms with E-state index in [4.69, 9.17) is 9.47 Å². The summed E-state index contributed by atoms with van der Waals surface area (Å²) < 4.78 is 52.2. The lowest BCUT2D eigenvalue weighted by atomic mass is 10.1. The van der Waals surface area contributed by atoms with Crippen molar-refractivity contribution in [1.29, 1.82) is 0 Å². The first-order valence-corrected chi connectivity index (χ1v) is 11.7. The normalized spacial score (nSPS) is 11.3. The second kappa shape index (κ2) is 11.7. The number of carbonyl (C=O) groups excluding carboxylic acids is 1. The van der Waals surface area contributed by atoms with Gasteiger partial charge in [0.2, 0.25) is 0 Å². The zero-order chi connectivity index (χ0) is 28.0. The van der Waals surface area contributed by atoms with Crippen molar-refractivity contribution in [2.45, 2.75) is 13.1 Å². The highest BCUT2D eigenvalue weighted by Gasteiger charge is 2.31. The molecule has 4 aromatic rings. The smallest absolute Gasteiger partial charge is 0.416 e. The van der Waals surface area contributed by atoms with E-state index in [2.05, 4.69) is 15.4 Å². The van der Waals surface area contributed by atoms with Crippen molar-refractivity contribution in [1.82, 2.24) is 14.8 Å². The number of carbonyl (C=O) groups is 1. The molecule has 3 aromatic carbocycles. The number of hydrogen-bond donors (Lipinski definition) is 1. The molecule has 0 fully saturated rings. The van der Waals surface area contributed by atoms with Gasteiger partial charge in [0.15, 0.2) is 5.82 Å². The van der Waals surface area contributed by atoms with Crippen LogP contribution in [0.4, 0.5) is 24.5 Å². The number of nitro groups is 1. The van der Waals surface area contributed by atoms with Crippen LogP contribution in [0.2, 0.25) is 0 Å². The Labute approximate surface area is 220 Å². The standard InChI is InChI=1S/C26H22F3N5O5/c1-2-38-12-13-39-25-31-23(17-6-3-8-19(14-17)26(27,28)29)33(32-25)21-10-5-9-20(16-21)30-24(35)18-7-4-11-22(15-18)34(36)37/h3-11,14-16H,2,12-13H2,1H3,(H,30,35). The van der Waals surface area contributed by atoms with E-state index in [9.17, 15) is 28.1 Å². The summed E-state index contributed by atoms with van der Waals surface area (Å²) in [5, 5.41) is 18.0. The van der Waals surface area contributed by atoms with Crippen molar-refractivity contribution in [2.24, 2.45) is 0 Å². The van der Waals surface area contributed by atoms with Crippen LogP contribution in [0, 0.1) is 10.1 Å². The monoisotopic (exact) mass is 541 g/mol. The highest BCUT2D eigenvalue weighted by atomic mass is 19.4. The summed E-state index contributed by atoms with van der Waals surface area (Å²) in [4.78, 5) is 27.5. The van der Waals surface area contributed by atoms with Crippen LogP contribution in [-0.2, 0) is 10.9 Å². The number of nitro benzene ring substituents is 1. The quantitative estimate of drug-likeness (QED) is 0.159. The van der Waals surface area contributed by atoms with E-state index in [1.54, 1.807) is 18.2 Å². The number of anilines is 1. The van der Waals surface area contributed by atoms with Crippen molar-refractivity contribution >= 4 is 17.3 Å². The minimum atomic E-state index is -4.56. The summed E-state index contributed by atoms with van der Waals surface area (Å²) in [5.41, 5.74) is -0.194. The van der Waals surface area contributed by atoms with Crippen LogP contribution in [0.3, 0.4) is 0 Å². The molecule has 10 nitrogen and oxygen atoms in total. The molecule has 1 heterocycles. The number of alkyl halides is 3. The van der Waals surface area contributed by atoms with E-state index in [-0.39, 0.29) is 41.9 Å². The molecule has 13 heteroatoms. The fourth-order valence-corrected chi connectivity index (χ4v) is 3.57. The van der Waals surface area contributed by atoms with Crippen molar-refractivity contribution < 1.29 is 32.4 Å². The topological polar surface area (TPSA) is 121 Å². The number of nitrogens with one attached hydrogen (secondary N) is 1. The molecule has 0 aliphatic heterocycles. The molecule has 0 radical (unpaired) electrons. The van der Waals surface area contributed by atoms with Crippen molar-refractivity contribution in [2.75, 3.05) is 25.1 Å². The minimum absolute atomic E-state index is 0.0741. The van der Waals surface area contributed by atoms with E-state index >= 15 is 0 Å². The Balaban J connectivity index is 1.68. The SMILES string of the molecule is CCOCCOc1nc(-c2cccc(C(F)(F)F)c2)n(-c2cccc(NC(=O)c3cccc([N+](=O)[O-])c3)c2)n1. The van der Waals surface area contributed by atoms with Gasteiger partial charge in [0.1, 0.15) is 6.61 Å². The number of aromatic nitrogens is 3. The molecule has 202 valence electrons. The first-order valence-electron chi connectivity index (χ1n) is 11.7. The summed E-state index contributed by atoms with van der Waals surface area (Å²) in [7, 11) is 0. The zero-order valence-electron chi connectivity index (χ0n) is 20.5. The number of amides is 1. The summed E-state index contributed by atoms with van der Waals surface area (Å²) in [5.74, 6) is -0.512. The maximum Gasteiger partial charge on any atom is 0.416 e. The predicted molar refractivity (Wildman–Crippen MR) is 135 cm³/mol. The lowest BCUT2D eigenvalue weighted by Crippen LogP contribution is -2.12. The summed E-state index contributed by atoms with van der Waals surface area (Å²) >= 11 is 0. The third-order valence-electron chi connectivity index (χ3n) is 5.37. The second-order valence-corrected chi connectivity index (χ2v) is 8.07. The lowest BCUT2D eigenvalue weighted by Gasteiger charge is -2.11. The number of nitrogens with zero attached hydrogens (tertiary/aromatic N) is 4. The van der Waals surface area contributed by atoms with Gasteiger partial charge < -0.3 is 14.8 Å². The Hall–Kier alpha value is -4.78. The van der Waals surface area contributed by atoms with E-state index < -0.39 is 22.6 Å². The van der Waals surface area contributed by atoms with Gasteiger partial charge in [0.25, 0.3) is 11.6 Å². The van der Waals surface area contributed by atoms with Gasteiger partial charge in [0.05, 0.1) is 22.8 Å². The predicted octanol–water partition coefficient (Wildman–Crippen LogP) is 5.53. The molecule has 0 unspecified atom stereocenters. The van der Waals surface area contributed by atoms with Gasteiger partial charge in [-0.15, -0.1) is 5.10 Å². The van der Waals surface area contributed by atoms with Gasteiger partial charge in [-0.1, -0.05) is 24.3 Å². The van der Waals surface area contributed by atoms with Crippen LogP contribution < -0.4 is 10.1 Å². The van der Waals surface area contributed by atoms with Crippen LogP contribution in [0.1, 0.15) is 22.8 Å². The van der Waals surface area contributed by atoms with E-state index in [0.29, 0.717) is 18.0 Å². The highest BCUT2D eigenvalue weighted by molar-refractivity contribution is 6.04. The van der Waals surface area contributed by atoms with E-state index in [0.717, 1.165) is 18.2 Å². The molecule has 4 rings (SSSR count). The maximum atomic E-state index is 13.4. The van der Waals surface area contributed by atoms with Crippen molar-refractivity contribution in [3.63, 3.8) is 0 Å². The number of rotatable bonds is 10. The fraction of sp³-hybridized carbons (Fsp3) is 0.192. The average molecular weight is 541 g/mol. The Bertz CT molecular complexity index is 1490. The molecule has 0 saturated carbocycles. The molecule has 0 aliphatic rings. The molecule has 0 bridgehead atoms. The van der Waals surface area contributed by atoms with E-state index in [1.807, 2.05) is 6.92 Å². The van der Waals surface area contributed by atoms with Gasteiger partial charge >= 0.3 is 12.2 Å². The summed E-state index contributed by atoms with van der Waals surface area (Å²) in [6, 6.07) is 16.2. The van der Waals surface area contributed by atoms with Crippen LogP contribution in [0.5, 0.6) is 6.01 Å². The molecule has 1 amide bonds. The number of hydrogen-bond acceptors (Lipinski definition) is 7. The van der Waals surface area contributed by atoms with Gasteiger partial charge in [-0.25, -0.2) is 4.68 Å². The fourth-order valence-electron chi connectivity index (χ4n) is 3.57. The number of benzene rings is 3. The molecular formula is C26H22F3N5O5. The lowest BCUT2D eigenvalue weighted by molar-refractivity contribution is -0.384. The highest BCUT2D eigenvalue weighted by Crippen LogP contribution is 2.33. The van der Waals surface area contributed by atoms with Crippen LogP contribution in [-0.4, -0.2) is 45.4 Å². The molecule has 1 aromatic heterocycles. The first kappa shape index (κ1) is 27.3. The Morgan fingerprint density at radius 2 is 1.82 bits per heavy atom. The van der Waals surface area contributed by atoms with Gasteiger partial charge in [-0.05, 0) is 43.3 Å². The molecule has 1 N–H and O–H groups in total. The Morgan fingerprint density at radius 1 is 1.05 bits per heavy atom. The molecule has 0 aliphatic carbocycles.